The van der Waals surface area contributed by atoms with E-state index in [0.717, 1.165) is 43.4 Å². The van der Waals surface area contributed by atoms with Crippen LogP contribution in [0.3, 0.4) is 0 Å². The maximum Gasteiger partial charge on any atom is 0.227 e. The number of aromatic nitrogens is 3. The monoisotopic (exact) mass is 344 g/mol. The standard InChI is InChI=1S/C18H21ClN4O/c19-16-3-1-2-14(6-16)8-18(24)22-10-15(11-22)7-17-21-20-12-23(17)9-13-4-5-13/h1-3,6,12-13,15H,4-5,7-11H2. The van der Waals surface area contributed by atoms with Crippen LogP contribution in [0.5, 0.6) is 0 Å². The molecule has 1 amide bonds. The summed E-state index contributed by atoms with van der Waals surface area (Å²) in [6, 6.07) is 7.52. The van der Waals surface area contributed by atoms with Gasteiger partial charge >= 0.3 is 0 Å². The molecule has 1 aliphatic carbocycles. The van der Waals surface area contributed by atoms with Crippen molar-refractivity contribution in [2.45, 2.75) is 32.2 Å². The summed E-state index contributed by atoms with van der Waals surface area (Å²) in [6.07, 6.45) is 5.83. The van der Waals surface area contributed by atoms with Gasteiger partial charge in [-0.1, -0.05) is 23.7 Å². The summed E-state index contributed by atoms with van der Waals surface area (Å²) in [5.41, 5.74) is 0.972. The molecule has 1 aromatic carbocycles. The number of rotatable bonds is 6. The number of halogens is 1. The molecule has 2 fully saturated rings. The van der Waals surface area contributed by atoms with Gasteiger partial charge in [-0.25, -0.2) is 0 Å². The van der Waals surface area contributed by atoms with Gasteiger partial charge in [-0.15, -0.1) is 10.2 Å². The molecular formula is C18H21ClN4O. The van der Waals surface area contributed by atoms with E-state index in [1.54, 1.807) is 0 Å². The Bertz CT molecular complexity index is 734. The summed E-state index contributed by atoms with van der Waals surface area (Å²) in [5.74, 6) is 2.55. The van der Waals surface area contributed by atoms with Crippen molar-refractivity contribution in [3.05, 3.63) is 47.0 Å². The minimum absolute atomic E-state index is 0.174. The largest absolute Gasteiger partial charge is 0.342 e. The van der Waals surface area contributed by atoms with Crippen LogP contribution in [-0.4, -0.2) is 38.7 Å². The van der Waals surface area contributed by atoms with Gasteiger partial charge in [0.15, 0.2) is 0 Å². The number of amides is 1. The van der Waals surface area contributed by atoms with E-state index in [1.165, 1.54) is 12.8 Å². The first-order valence-corrected chi connectivity index (χ1v) is 8.94. The Morgan fingerprint density at radius 2 is 2.08 bits per heavy atom. The minimum atomic E-state index is 0.174. The highest BCUT2D eigenvalue weighted by Crippen LogP contribution is 2.31. The Morgan fingerprint density at radius 3 is 2.83 bits per heavy atom. The molecule has 0 N–H and O–H groups in total. The highest BCUT2D eigenvalue weighted by atomic mass is 35.5. The van der Waals surface area contributed by atoms with Gasteiger partial charge in [0.05, 0.1) is 6.42 Å². The highest BCUT2D eigenvalue weighted by Gasteiger charge is 2.32. The first kappa shape index (κ1) is 15.6. The van der Waals surface area contributed by atoms with Crippen LogP contribution in [0.4, 0.5) is 0 Å². The van der Waals surface area contributed by atoms with Crippen molar-refractivity contribution in [1.82, 2.24) is 19.7 Å². The number of carbonyl (C=O) groups is 1. The quantitative estimate of drug-likeness (QED) is 0.809. The number of benzene rings is 1. The van der Waals surface area contributed by atoms with Crippen molar-refractivity contribution in [2.75, 3.05) is 13.1 Å². The van der Waals surface area contributed by atoms with Crippen LogP contribution in [0.15, 0.2) is 30.6 Å². The normalized spacial score (nSPS) is 17.8. The number of likely N-dealkylation sites (tertiary alicyclic amines) is 1. The number of nitrogens with zero attached hydrogens (tertiary/aromatic N) is 4. The summed E-state index contributed by atoms with van der Waals surface area (Å²) >= 11 is 5.97. The van der Waals surface area contributed by atoms with Gasteiger partial charge in [-0.2, -0.15) is 0 Å². The van der Waals surface area contributed by atoms with E-state index in [-0.39, 0.29) is 5.91 Å². The van der Waals surface area contributed by atoms with Crippen LogP contribution < -0.4 is 0 Å². The van der Waals surface area contributed by atoms with E-state index >= 15 is 0 Å². The zero-order valence-corrected chi connectivity index (χ0v) is 14.3. The molecule has 126 valence electrons. The molecule has 2 heterocycles. The van der Waals surface area contributed by atoms with Gasteiger partial charge in [0.25, 0.3) is 0 Å². The highest BCUT2D eigenvalue weighted by molar-refractivity contribution is 6.30. The fraction of sp³-hybridized carbons (Fsp3) is 0.500. The second-order valence-corrected chi connectivity index (χ2v) is 7.45. The summed E-state index contributed by atoms with van der Waals surface area (Å²) in [5, 5.41) is 8.99. The fourth-order valence-electron chi connectivity index (χ4n) is 3.26. The lowest BCUT2D eigenvalue weighted by Gasteiger charge is -2.39. The Balaban J connectivity index is 1.27. The van der Waals surface area contributed by atoms with Crippen LogP contribution in [0.1, 0.15) is 24.2 Å². The van der Waals surface area contributed by atoms with Crippen molar-refractivity contribution < 1.29 is 4.79 Å². The van der Waals surface area contributed by atoms with Gasteiger partial charge in [-0.05, 0) is 36.5 Å². The second kappa shape index (κ2) is 6.55. The van der Waals surface area contributed by atoms with Gasteiger partial charge in [0.1, 0.15) is 12.2 Å². The number of hydrogen-bond donors (Lipinski definition) is 0. The topological polar surface area (TPSA) is 51.0 Å². The van der Waals surface area contributed by atoms with Crippen LogP contribution in [0, 0.1) is 11.8 Å². The number of hydrogen-bond acceptors (Lipinski definition) is 3. The molecular weight excluding hydrogens is 324 g/mol. The van der Waals surface area contributed by atoms with Gasteiger partial charge < -0.3 is 9.47 Å². The van der Waals surface area contributed by atoms with E-state index in [1.807, 2.05) is 35.5 Å². The lowest BCUT2D eigenvalue weighted by molar-refractivity contribution is -0.136. The van der Waals surface area contributed by atoms with E-state index in [0.29, 0.717) is 17.4 Å². The Hall–Kier alpha value is -1.88. The molecule has 2 aromatic rings. The Kier molecular flexibility index (Phi) is 4.27. The summed E-state index contributed by atoms with van der Waals surface area (Å²) in [7, 11) is 0. The molecule has 1 aliphatic heterocycles. The van der Waals surface area contributed by atoms with Crippen LogP contribution in [-0.2, 0) is 24.2 Å². The van der Waals surface area contributed by atoms with Crippen LogP contribution in [0.25, 0.3) is 0 Å². The second-order valence-electron chi connectivity index (χ2n) is 7.02. The average molecular weight is 345 g/mol. The third-order valence-corrected chi connectivity index (χ3v) is 5.11. The van der Waals surface area contributed by atoms with Gasteiger partial charge in [-0.3, -0.25) is 4.79 Å². The molecule has 0 radical (unpaired) electrons. The molecule has 0 unspecified atom stereocenters. The Labute approximate surface area is 146 Å². The van der Waals surface area contributed by atoms with E-state index in [9.17, 15) is 4.79 Å². The minimum Gasteiger partial charge on any atom is -0.342 e. The lowest BCUT2D eigenvalue weighted by Crippen LogP contribution is -2.51. The lowest BCUT2D eigenvalue weighted by atomic mass is 9.95. The predicted octanol–water partition coefficient (Wildman–Crippen LogP) is 2.59. The number of carbonyl (C=O) groups excluding carboxylic acids is 1. The molecule has 6 heteroatoms. The molecule has 0 bridgehead atoms. The van der Waals surface area contributed by atoms with Crippen LogP contribution in [0.2, 0.25) is 5.02 Å². The van der Waals surface area contributed by atoms with Crippen molar-refractivity contribution >= 4 is 17.5 Å². The average Bonchev–Trinajstić information content (AvgIpc) is 3.21. The fourth-order valence-corrected chi connectivity index (χ4v) is 3.48. The third kappa shape index (κ3) is 3.61. The molecule has 0 atom stereocenters. The van der Waals surface area contributed by atoms with E-state index in [2.05, 4.69) is 14.8 Å². The Morgan fingerprint density at radius 1 is 1.25 bits per heavy atom. The van der Waals surface area contributed by atoms with Gasteiger partial charge in [0, 0.05) is 37.0 Å². The zero-order chi connectivity index (χ0) is 16.5. The molecule has 5 nitrogen and oxygen atoms in total. The molecule has 4 rings (SSSR count). The molecule has 24 heavy (non-hydrogen) atoms. The van der Waals surface area contributed by atoms with Crippen molar-refractivity contribution in [2.24, 2.45) is 11.8 Å². The SMILES string of the molecule is O=C(Cc1cccc(Cl)c1)N1CC(Cc2nncn2CC2CC2)C1. The molecule has 1 aromatic heterocycles. The summed E-state index contributed by atoms with van der Waals surface area (Å²) in [4.78, 5) is 14.2. The zero-order valence-electron chi connectivity index (χ0n) is 13.6. The maximum absolute atomic E-state index is 12.3. The van der Waals surface area contributed by atoms with E-state index < -0.39 is 0 Å². The van der Waals surface area contributed by atoms with Crippen molar-refractivity contribution in [3.8, 4) is 0 Å². The molecule has 0 spiro atoms. The smallest absolute Gasteiger partial charge is 0.227 e. The van der Waals surface area contributed by atoms with Crippen molar-refractivity contribution in [1.29, 1.82) is 0 Å². The predicted molar refractivity (Wildman–Crippen MR) is 91.7 cm³/mol. The maximum atomic E-state index is 12.3. The first-order chi connectivity index (χ1) is 11.7. The first-order valence-electron chi connectivity index (χ1n) is 8.56. The summed E-state index contributed by atoms with van der Waals surface area (Å²) in [6.45, 7) is 2.68. The molecule has 1 saturated carbocycles. The van der Waals surface area contributed by atoms with Crippen LogP contribution >= 0.6 is 11.6 Å². The molecule has 1 saturated heterocycles. The van der Waals surface area contributed by atoms with Gasteiger partial charge in [0.2, 0.25) is 5.91 Å². The van der Waals surface area contributed by atoms with E-state index in [4.69, 9.17) is 11.6 Å². The summed E-state index contributed by atoms with van der Waals surface area (Å²) < 4.78 is 2.19. The third-order valence-electron chi connectivity index (χ3n) is 4.87. The molecule has 2 aliphatic rings. The van der Waals surface area contributed by atoms with Crippen molar-refractivity contribution in [3.63, 3.8) is 0 Å².